The molecule has 1 atom stereocenters. The van der Waals surface area contributed by atoms with Crippen molar-refractivity contribution < 1.29 is 9.59 Å². The van der Waals surface area contributed by atoms with E-state index in [2.05, 4.69) is 22.1 Å². The summed E-state index contributed by atoms with van der Waals surface area (Å²) in [6.45, 7) is 4.46. The largest absolute Gasteiger partial charge is 0.350 e. The standard InChI is InChI=1S/C22H33N3O2/c1-2-19(15-17-7-3-4-8-17)22(27)25-13-10-18(11-14-25)16-24-21(26)20-9-5-6-12-23-20/h5-6,9,12,17-19H,2-4,7-8,10-11,13-16H2,1H3,(H,24,26). The van der Waals surface area contributed by atoms with Gasteiger partial charge in [0.25, 0.3) is 5.91 Å². The molecule has 0 aromatic carbocycles. The lowest BCUT2D eigenvalue weighted by molar-refractivity contribution is -0.137. The first kappa shape index (κ1) is 19.8. The number of piperidine rings is 1. The van der Waals surface area contributed by atoms with Crippen molar-refractivity contribution in [3.63, 3.8) is 0 Å². The van der Waals surface area contributed by atoms with E-state index in [1.54, 1.807) is 18.3 Å². The molecule has 3 rings (SSSR count). The van der Waals surface area contributed by atoms with Crippen LogP contribution in [0.4, 0.5) is 0 Å². The molecule has 1 aromatic rings. The zero-order valence-corrected chi connectivity index (χ0v) is 16.5. The van der Waals surface area contributed by atoms with Crippen LogP contribution in [0, 0.1) is 17.8 Å². The molecule has 5 nitrogen and oxygen atoms in total. The number of aromatic nitrogens is 1. The topological polar surface area (TPSA) is 62.3 Å². The predicted molar refractivity (Wildman–Crippen MR) is 106 cm³/mol. The average Bonchev–Trinajstić information content (AvgIpc) is 3.24. The highest BCUT2D eigenvalue weighted by Crippen LogP contribution is 2.32. The summed E-state index contributed by atoms with van der Waals surface area (Å²) in [6.07, 6.45) is 10.9. The van der Waals surface area contributed by atoms with Crippen LogP contribution < -0.4 is 5.32 Å². The summed E-state index contributed by atoms with van der Waals surface area (Å²) >= 11 is 0. The maximum absolute atomic E-state index is 12.9. The van der Waals surface area contributed by atoms with Crippen LogP contribution in [0.3, 0.4) is 0 Å². The first-order valence-corrected chi connectivity index (χ1v) is 10.7. The summed E-state index contributed by atoms with van der Waals surface area (Å²) in [5, 5.41) is 2.99. The Morgan fingerprint density at radius 1 is 1.15 bits per heavy atom. The summed E-state index contributed by atoms with van der Waals surface area (Å²) in [4.78, 5) is 31.2. The molecule has 2 aliphatic rings. The van der Waals surface area contributed by atoms with Crippen molar-refractivity contribution in [2.24, 2.45) is 17.8 Å². The number of amides is 2. The Morgan fingerprint density at radius 3 is 2.52 bits per heavy atom. The molecular formula is C22H33N3O2. The van der Waals surface area contributed by atoms with Crippen LogP contribution in [-0.2, 0) is 4.79 Å². The normalized spacial score (nSPS) is 19.8. The van der Waals surface area contributed by atoms with E-state index in [4.69, 9.17) is 0 Å². The third-order valence-corrected chi connectivity index (χ3v) is 6.31. The highest BCUT2D eigenvalue weighted by atomic mass is 16.2. The van der Waals surface area contributed by atoms with E-state index in [9.17, 15) is 9.59 Å². The van der Waals surface area contributed by atoms with Crippen molar-refractivity contribution in [1.29, 1.82) is 0 Å². The maximum atomic E-state index is 12.9. The van der Waals surface area contributed by atoms with Crippen LogP contribution in [0.25, 0.3) is 0 Å². The number of pyridine rings is 1. The Balaban J connectivity index is 1.41. The quantitative estimate of drug-likeness (QED) is 0.796. The molecule has 0 bridgehead atoms. The van der Waals surface area contributed by atoms with Crippen molar-refractivity contribution in [2.45, 2.75) is 58.3 Å². The molecule has 1 saturated carbocycles. The molecule has 0 spiro atoms. The van der Waals surface area contributed by atoms with E-state index in [1.807, 2.05) is 6.07 Å². The maximum Gasteiger partial charge on any atom is 0.269 e. The summed E-state index contributed by atoms with van der Waals surface area (Å²) in [7, 11) is 0. The second kappa shape index (κ2) is 9.86. The molecular weight excluding hydrogens is 338 g/mol. The van der Waals surface area contributed by atoms with Crippen molar-refractivity contribution in [3.8, 4) is 0 Å². The Hall–Kier alpha value is -1.91. The van der Waals surface area contributed by atoms with Gasteiger partial charge in [0.05, 0.1) is 0 Å². The van der Waals surface area contributed by atoms with Gasteiger partial charge >= 0.3 is 0 Å². The number of carbonyl (C=O) groups is 2. The first-order chi connectivity index (χ1) is 13.2. The summed E-state index contributed by atoms with van der Waals surface area (Å²) < 4.78 is 0. The third-order valence-electron chi connectivity index (χ3n) is 6.31. The number of rotatable bonds is 7. The number of hydrogen-bond acceptors (Lipinski definition) is 3. The monoisotopic (exact) mass is 371 g/mol. The van der Waals surface area contributed by atoms with Crippen LogP contribution in [0.5, 0.6) is 0 Å². The van der Waals surface area contributed by atoms with Gasteiger partial charge in [-0.3, -0.25) is 14.6 Å². The van der Waals surface area contributed by atoms with Crippen molar-refractivity contribution in [1.82, 2.24) is 15.2 Å². The van der Waals surface area contributed by atoms with Gasteiger partial charge in [-0.25, -0.2) is 0 Å². The van der Waals surface area contributed by atoms with Gasteiger partial charge < -0.3 is 10.2 Å². The van der Waals surface area contributed by atoms with Crippen LogP contribution in [0.15, 0.2) is 24.4 Å². The lowest BCUT2D eigenvalue weighted by Gasteiger charge is -2.34. The molecule has 5 heteroatoms. The van der Waals surface area contributed by atoms with Gasteiger partial charge in [0.1, 0.15) is 5.69 Å². The molecule has 1 aliphatic carbocycles. The van der Waals surface area contributed by atoms with E-state index in [0.29, 0.717) is 24.1 Å². The minimum Gasteiger partial charge on any atom is -0.350 e. The molecule has 1 unspecified atom stereocenters. The van der Waals surface area contributed by atoms with E-state index >= 15 is 0 Å². The molecule has 1 aromatic heterocycles. The van der Waals surface area contributed by atoms with Crippen LogP contribution >= 0.6 is 0 Å². The molecule has 1 aliphatic heterocycles. The molecule has 27 heavy (non-hydrogen) atoms. The second-order valence-corrected chi connectivity index (χ2v) is 8.19. The highest BCUT2D eigenvalue weighted by molar-refractivity contribution is 5.92. The van der Waals surface area contributed by atoms with Gasteiger partial charge in [0.15, 0.2) is 0 Å². The Labute approximate surface area is 162 Å². The van der Waals surface area contributed by atoms with Crippen molar-refractivity contribution in [3.05, 3.63) is 30.1 Å². The summed E-state index contributed by atoms with van der Waals surface area (Å²) in [5.74, 6) is 1.65. The van der Waals surface area contributed by atoms with Gasteiger partial charge in [0, 0.05) is 31.7 Å². The SMILES string of the molecule is CCC(CC1CCCC1)C(=O)N1CCC(CNC(=O)c2ccccn2)CC1. The van der Waals surface area contributed by atoms with Gasteiger partial charge in [-0.05, 0) is 49.7 Å². The van der Waals surface area contributed by atoms with Gasteiger partial charge in [-0.1, -0.05) is 38.7 Å². The average molecular weight is 372 g/mol. The van der Waals surface area contributed by atoms with Crippen LogP contribution in [0.1, 0.15) is 68.8 Å². The van der Waals surface area contributed by atoms with Crippen molar-refractivity contribution in [2.75, 3.05) is 19.6 Å². The van der Waals surface area contributed by atoms with Gasteiger partial charge in [-0.2, -0.15) is 0 Å². The molecule has 2 fully saturated rings. The summed E-state index contributed by atoms with van der Waals surface area (Å²) in [5.41, 5.74) is 0.461. The van der Waals surface area contributed by atoms with Crippen molar-refractivity contribution >= 4 is 11.8 Å². The minimum atomic E-state index is -0.114. The molecule has 0 radical (unpaired) electrons. The number of nitrogens with zero attached hydrogens (tertiary/aromatic N) is 2. The lowest BCUT2D eigenvalue weighted by Crippen LogP contribution is -2.44. The summed E-state index contributed by atoms with van der Waals surface area (Å²) in [6, 6.07) is 5.35. The highest BCUT2D eigenvalue weighted by Gasteiger charge is 2.30. The van der Waals surface area contributed by atoms with E-state index in [0.717, 1.165) is 44.7 Å². The fraction of sp³-hybridized carbons (Fsp3) is 0.682. The predicted octanol–water partition coefficient (Wildman–Crippen LogP) is 3.66. The third kappa shape index (κ3) is 5.53. The molecule has 1 saturated heterocycles. The Morgan fingerprint density at radius 2 is 1.89 bits per heavy atom. The molecule has 2 amide bonds. The fourth-order valence-electron chi connectivity index (χ4n) is 4.53. The number of carbonyl (C=O) groups excluding carboxylic acids is 2. The van der Waals surface area contributed by atoms with Gasteiger partial charge in [-0.15, -0.1) is 0 Å². The molecule has 148 valence electrons. The van der Waals surface area contributed by atoms with Crippen LogP contribution in [0.2, 0.25) is 0 Å². The van der Waals surface area contributed by atoms with Gasteiger partial charge in [0.2, 0.25) is 5.91 Å². The number of hydrogen-bond donors (Lipinski definition) is 1. The number of nitrogens with one attached hydrogen (secondary N) is 1. The Bertz CT molecular complexity index is 605. The molecule has 2 heterocycles. The van der Waals surface area contributed by atoms with E-state index in [-0.39, 0.29) is 11.8 Å². The van der Waals surface area contributed by atoms with Crippen LogP contribution in [-0.4, -0.2) is 41.3 Å². The molecule has 1 N–H and O–H groups in total. The zero-order valence-electron chi connectivity index (χ0n) is 16.5. The van der Waals surface area contributed by atoms with E-state index in [1.165, 1.54) is 25.7 Å². The van der Waals surface area contributed by atoms with E-state index < -0.39 is 0 Å². The first-order valence-electron chi connectivity index (χ1n) is 10.7. The Kier molecular flexibility index (Phi) is 7.25. The smallest absolute Gasteiger partial charge is 0.269 e. The lowest BCUT2D eigenvalue weighted by atomic mass is 9.89. The fourth-order valence-corrected chi connectivity index (χ4v) is 4.53. The zero-order chi connectivity index (χ0) is 19.1. The minimum absolute atomic E-state index is 0.114. The number of likely N-dealkylation sites (tertiary alicyclic amines) is 1. The second-order valence-electron chi connectivity index (χ2n) is 8.19.